The highest BCUT2D eigenvalue weighted by Crippen LogP contribution is 2.30. The summed E-state index contributed by atoms with van der Waals surface area (Å²) in [5.74, 6) is -0.404. The van der Waals surface area contributed by atoms with Gasteiger partial charge in [-0.3, -0.25) is 15.0 Å². The lowest BCUT2D eigenvalue weighted by molar-refractivity contribution is -0.135. The van der Waals surface area contributed by atoms with Gasteiger partial charge >= 0.3 is 0 Å². The monoisotopic (exact) mass is 357 g/mol. The SMILES string of the molecule is CSc1nc(-c2cccs2)nc(NN2C(=O)C=C(C)C2=O)c1C#N. The van der Waals surface area contributed by atoms with Crippen molar-refractivity contribution in [3.05, 3.63) is 34.7 Å². The van der Waals surface area contributed by atoms with E-state index in [1.807, 2.05) is 23.6 Å². The van der Waals surface area contributed by atoms with E-state index < -0.39 is 11.8 Å². The van der Waals surface area contributed by atoms with Gasteiger partial charge in [-0.1, -0.05) is 6.07 Å². The second-order valence-corrected chi connectivity index (χ2v) is 6.53. The van der Waals surface area contributed by atoms with Crippen LogP contribution >= 0.6 is 23.1 Å². The van der Waals surface area contributed by atoms with Crippen LogP contribution in [-0.2, 0) is 9.59 Å². The smallest absolute Gasteiger partial charge is 0.270 e. The van der Waals surface area contributed by atoms with Crippen molar-refractivity contribution in [3.8, 4) is 16.8 Å². The number of nitrogens with one attached hydrogen (secondary N) is 1. The number of nitrogens with zero attached hydrogens (tertiary/aromatic N) is 4. The first-order chi connectivity index (χ1) is 11.5. The molecule has 0 fully saturated rings. The van der Waals surface area contributed by atoms with E-state index >= 15 is 0 Å². The average Bonchev–Trinajstić information content (AvgIpc) is 3.19. The fourth-order valence-corrected chi connectivity index (χ4v) is 3.27. The Balaban J connectivity index is 2.06. The highest BCUT2D eigenvalue weighted by molar-refractivity contribution is 7.98. The molecule has 1 aliphatic heterocycles. The fraction of sp³-hybridized carbons (Fsp3) is 0.133. The Labute approximate surface area is 146 Å². The maximum Gasteiger partial charge on any atom is 0.275 e. The van der Waals surface area contributed by atoms with Crippen LogP contribution in [0.2, 0.25) is 0 Å². The van der Waals surface area contributed by atoms with Crippen molar-refractivity contribution in [2.75, 3.05) is 11.7 Å². The molecule has 0 spiro atoms. The van der Waals surface area contributed by atoms with Gasteiger partial charge in [-0.2, -0.15) is 10.3 Å². The summed E-state index contributed by atoms with van der Waals surface area (Å²) in [7, 11) is 0. The van der Waals surface area contributed by atoms with Gasteiger partial charge in [0.25, 0.3) is 11.8 Å². The molecule has 1 N–H and O–H groups in total. The van der Waals surface area contributed by atoms with Gasteiger partial charge in [-0.25, -0.2) is 9.97 Å². The Morgan fingerprint density at radius 3 is 2.71 bits per heavy atom. The summed E-state index contributed by atoms with van der Waals surface area (Å²) in [4.78, 5) is 33.5. The quantitative estimate of drug-likeness (QED) is 0.510. The molecule has 0 saturated heterocycles. The second kappa shape index (κ2) is 6.43. The van der Waals surface area contributed by atoms with Crippen LogP contribution < -0.4 is 5.43 Å². The molecule has 7 nitrogen and oxygen atoms in total. The third-order valence-corrected chi connectivity index (χ3v) is 4.79. The number of anilines is 1. The van der Waals surface area contributed by atoms with Gasteiger partial charge in [0, 0.05) is 11.6 Å². The van der Waals surface area contributed by atoms with Crippen molar-refractivity contribution in [2.24, 2.45) is 0 Å². The normalized spacial score (nSPS) is 13.9. The molecule has 0 unspecified atom stereocenters. The van der Waals surface area contributed by atoms with E-state index in [1.165, 1.54) is 29.2 Å². The zero-order valence-corrected chi connectivity index (χ0v) is 14.4. The number of carbonyl (C=O) groups excluding carboxylic acids is 2. The summed E-state index contributed by atoms with van der Waals surface area (Å²) < 4.78 is 0. The maximum atomic E-state index is 12.0. The number of hydrogen-bond acceptors (Lipinski definition) is 8. The van der Waals surface area contributed by atoms with Gasteiger partial charge in [-0.15, -0.1) is 23.1 Å². The Morgan fingerprint density at radius 1 is 1.38 bits per heavy atom. The topological polar surface area (TPSA) is 99.0 Å². The van der Waals surface area contributed by atoms with E-state index in [0.717, 1.165) is 9.89 Å². The molecule has 0 atom stereocenters. The number of carbonyl (C=O) groups is 2. The molecule has 24 heavy (non-hydrogen) atoms. The van der Waals surface area contributed by atoms with Crippen LogP contribution in [0.25, 0.3) is 10.7 Å². The second-order valence-electron chi connectivity index (χ2n) is 4.79. The van der Waals surface area contributed by atoms with Crippen molar-refractivity contribution in [3.63, 3.8) is 0 Å². The van der Waals surface area contributed by atoms with Crippen LogP contribution in [0, 0.1) is 11.3 Å². The number of imide groups is 1. The predicted octanol–water partition coefficient (Wildman–Crippen LogP) is 2.44. The number of amides is 2. The molecule has 9 heteroatoms. The number of hydrazine groups is 1. The third kappa shape index (κ3) is 2.77. The number of nitriles is 1. The Kier molecular flexibility index (Phi) is 4.33. The number of thioether (sulfide) groups is 1. The Hall–Kier alpha value is -2.70. The molecule has 1 aliphatic rings. The molecular weight excluding hydrogens is 346 g/mol. The number of thiophene rings is 1. The lowest BCUT2D eigenvalue weighted by Crippen LogP contribution is -2.37. The van der Waals surface area contributed by atoms with E-state index in [1.54, 1.807) is 13.2 Å². The fourth-order valence-electron chi connectivity index (χ4n) is 2.09. The summed E-state index contributed by atoms with van der Waals surface area (Å²) in [6.07, 6.45) is 3.03. The van der Waals surface area contributed by atoms with Crippen LogP contribution in [0.5, 0.6) is 0 Å². The van der Waals surface area contributed by atoms with E-state index in [4.69, 9.17) is 0 Å². The van der Waals surface area contributed by atoms with Crippen molar-refractivity contribution in [1.82, 2.24) is 15.0 Å². The first-order valence-electron chi connectivity index (χ1n) is 6.78. The predicted molar refractivity (Wildman–Crippen MR) is 91.1 cm³/mol. The summed E-state index contributed by atoms with van der Waals surface area (Å²) in [6, 6.07) is 5.76. The van der Waals surface area contributed by atoms with E-state index in [0.29, 0.717) is 16.4 Å². The van der Waals surface area contributed by atoms with Gasteiger partial charge in [0.15, 0.2) is 11.6 Å². The lowest BCUT2D eigenvalue weighted by atomic mass is 10.3. The number of rotatable bonds is 4. The lowest BCUT2D eigenvalue weighted by Gasteiger charge is -2.18. The van der Waals surface area contributed by atoms with Crippen LogP contribution in [0.3, 0.4) is 0 Å². The standard InChI is InChI=1S/C15H11N5O2S2/c1-8-6-11(21)20(15(8)22)19-12-9(7-16)14(23-2)18-13(17-12)10-4-3-5-24-10/h3-6H,1-2H3,(H,17,18,19). The Bertz CT molecular complexity index is 899. The summed E-state index contributed by atoms with van der Waals surface area (Å²) in [5.41, 5.74) is 3.18. The van der Waals surface area contributed by atoms with E-state index in [-0.39, 0.29) is 11.4 Å². The largest absolute Gasteiger partial charge is 0.275 e. The highest BCUT2D eigenvalue weighted by atomic mass is 32.2. The molecule has 0 aromatic carbocycles. The van der Waals surface area contributed by atoms with Crippen LogP contribution in [0.1, 0.15) is 12.5 Å². The van der Waals surface area contributed by atoms with Crippen molar-refractivity contribution in [1.29, 1.82) is 5.26 Å². The van der Waals surface area contributed by atoms with Crippen LogP contribution in [0.15, 0.2) is 34.2 Å². The Morgan fingerprint density at radius 2 is 2.17 bits per heavy atom. The first kappa shape index (κ1) is 16.2. The highest BCUT2D eigenvalue weighted by Gasteiger charge is 2.30. The summed E-state index contributed by atoms with van der Waals surface area (Å²) in [5, 5.41) is 12.6. The average molecular weight is 357 g/mol. The number of aromatic nitrogens is 2. The molecule has 3 rings (SSSR count). The molecule has 2 aromatic heterocycles. The molecule has 0 bridgehead atoms. The minimum Gasteiger partial charge on any atom is -0.270 e. The van der Waals surface area contributed by atoms with Gasteiger partial charge in [-0.05, 0) is 24.6 Å². The van der Waals surface area contributed by atoms with Crippen molar-refractivity contribution in [2.45, 2.75) is 11.9 Å². The minimum absolute atomic E-state index is 0.130. The van der Waals surface area contributed by atoms with Gasteiger partial charge in [0.1, 0.15) is 16.7 Å². The van der Waals surface area contributed by atoms with E-state index in [2.05, 4.69) is 15.4 Å². The van der Waals surface area contributed by atoms with Gasteiger partial charge < -0.3 is 0 Å². The molecule has 3 heterocycles. The molecule has 0 saturated carbocycles. The molecule has 2 amide bonds. The molecule has 0 aliphatic carbocycles. The zero-order valence-electron chi connectivity index (χ0n) is 12.7. The molecule has 0 radical (unpaired) electrons. The maximum absolute atomic E-state index is 12.0. The third-order valence-electron chi connectivity index (χ3n) is 3.24. The minimum atomic E-state index is -0.497. The van der Waals surface area contributed by atoms with Crippen molar-refractivity contribution >= 4 is 40.7 Å². The van der Waals surface area contributed by atoms with Gasteiger partial charge in [0.2, 0.25) is 0 Å². The van der Waals surface area contributed by atoms with Crippen LogP contribution in [0.4, 0.5) is 5.82 Å². The zero-order chi connectivity index (χ0) is 17.3. The van der Waals surface area contributed by atoms with Crippen LogP contribution in [-0.4, -0.2) is 33.0 Å². The first-order valence-corrected chi connectivity index (χ1v) is 8.89. The van der Waals surface area contributed by atoms with Gasteiger partial charge in [0.05, 0.1) is 4.88 Å². The molecular formula is C15H11N5O2S2. The number of hydrogen-bond donors (Lipinski definition) is 1. The van der Waals surface area contributed by atoms with Crippen molar-refractivity contribution < 1.29 is 9.59 Å². The summed E-state index contributed by atoms with van der Waals surface area (Å²) in [6.45, 7) is 1.55. The molecule has 120 valence electrons. The van der Waals surface area contributed by atoms with E-state index in [9.17, 15) is 14.9 Å². The summed E-state index contributed by atoms with van der Waals surface area (Å²) >= 11 is 2.75. The molecule has 2 aromatic rings.